The lowest BCUT2D eigenvalue weighted by molar-refractivity contribution is -0.142. The molecule has 2 rings (SSSR count). The van der Waals surface area contributed by atoms with Crippen molar-refractivity contribution in [3.8, 4) is 6.07 Å². The second-order valence-electron chi connectivity index (χ2n) is 5.50. The number of ether oxygens (including phenoxy) is 1. The third kappa shape index (κ3) is 5.45. The Hall–Kier alpha value is -2.57. The van der Waals surface area contributed by atoms with Crippen LogP contribution in [0.3, 0.4) is 0 Å². The molecule has 2 aromatic rings. The number of aromatic nitrogens is 3. The van der Waals surface area contributed by atoms with E-state index in [1.165, 1.54) is 17.8 Å². The predicted octanol–water partition coefficient (Wildman–Crippen LogP) is 2.57. The molecule has 1 heterocycles. The average molecular weight is 408 g/mol. The van der Waals surface area contributed by atoms with E-state index in [1.54, 1.807) is 37.6 Å². The van der Waals surface area contributed by atoms with Gasteiger partial charge in [0.2, 0.25) is 5.91 Å². The van der Waals surface area contributed by atoms with E-state index in [2.05, 4.69) is 15.5 Å². The molecule has 0 saturated heterocycles. The number of nitrogens with one attached hydrogen (secondary N) is 1. The Morgan fingerprint density at radius 1 is 1.44 bits per heavy atom. The van der Waals surface area contributed by atoms with Gasteiger partial charge in [0.05, 0.1) is 22.4 Å². The number of anilines is 1. The average Bonchev–Trinajstić information content (AvgIpc) is 2.95. The summed E-state index contributed by atoms with van der Waals surface area (Å²) in [5.74, 6) is -0.175. The molecule has 0 unspecified atom stereocenters. The zero-order chi connectivity index (χ0) is 20.0. The van der Waals surface area contributed by atoms with E-state index in [0.717, 1.165) is 0 Å². The molecule has 0 aliphatic heterocycles. The lowest BCUT2D eigenvalue weighted by Crippen LogP contribution is -2.23. The molecule has 27 heavy (non-hydrogen) atoms. The van der Waals surface area contributed by atoms with Gasteiger partial charge < -0.3 is 14.6 Å². The largest absolute Gasteiger partial charge is 0.466 e. The number of hydrogen-bond donors (Lipinski definition) is 1. The van der Waals surface area contributed by atoms with Crippen LogP contribution < -0.4 is 5.32 Å². The fourth-order valence-electron chi connectivity index (χ4n) is 2.08. The Morgan fingerprint density at radius 3 is 2.81 bits per heavy atom. The van der Waals surface area contributed by atoms with Gasteiger partial charge >= 0.3 is 5.97 Å². The van der Waals surface area contributed by atoms with Crippen molar-refractivity contribution < 1.29 is 14.3 Å². The molecule has 1 N–H and O–H groups in total. The summed E-state index contributed by atoms with van der Waals surface area (Å²) in [5, 5.41) is 19.9. The highest BCUT2D eigenvalue weighted by atomic mass is 35.5. The fourth-order valence-corrected chi connectivity index (χ4v) is 3.14. The number of esters is 1. The summed E-state index contributed by atoms with van der Waals surface area (Å²) in [6.45, 7) is 3.76. The molecular weight excluding hydrogens is 390 g/mol. The van der Waals surface area contributed by atoms with Crippen molar-refractivity contribution in [2.75, 3.05) is 11.9 Å². The van der Waals surface area contributed by atoms with Crippen LogP contribution in [-0.2, 0) is 27.8 Å². The molecule has 1 atom stereocenters. The molecule has 142 valence electrons. The van der Waals surface area contributed by atoms with E-state index in [9.17, 15) is 9.59 Å². The van der Waals surface area contributed by atoms with Crippen molar-refractivity contribution in [3.05, 3.63) is 34.6 Å². The first-order valence-electron chi connectivity index (χ1n) is 8.06. The smallest absolute Gasteiger partial charge is 0.313 e. The van der Waals surface area contributed by atoms with Crippen molar-refractivity contribution in [1.82, 2.24) is 14.8 Å². The van der Waals surface area contributed by atoms with Crippen molar-refractivity contribution in [2.45, 2.75) is 30.7 Å². The number of hydrogen-bond acceptors (Lipinski definition) is 7. The maximum atomic E-state index is 12.4. The van der Waals surface area contributed by atoms with Crippen molar-refractivity contribution in [1.29, 1.82) is 5.26 Å². The lowest BCUT2D eigenvalue weighted by atomic mass is 10.2. The van der Waals surface area contributed by atoms with E-state index in [0.29, 0.717) is 28.8 Å². The van der Waals surface area contributed by atoms with Crippen LogP contribution in [0.15, 0.2) is 23.4 Å². The molecule has 0 bridgehead atoms. The van der Waals surface area contributed by atoms with Gasteiger partial charge in [0, 0.05) is 12.7 Å². The van der Waals surface area contributed by atoms with Crippen molar-refractivity contribution >= 4 is 40.9 Å². The summed E-state index contributed by atoms with van der Waals surface area (Å²) in [6.07, 6.45) is 0.0161. The van der Waals surface area contributed by atoms with Gasteiger partial charge in [-0.05, 0) is 32.0 Å². The molecule has 10 heteroatoms. The first kappa shape index (κ1) is 20.7. The molecule has 1 amide bonds. The summed E-state index contributed by atoms with van der Waals surface area (Å²) in [7, 11) is 1.72. The second kappa shape index (κ2) is 9.39. The van der Waals surface area contributed by atoms with Crippen LogP contribution in [0.2, 0.25) is 5.02 Å². The molecule has 1 aromatic heterocycles. The predicted molar refractivity (Wildman–Crippen MR) is 101 cm³/mol. The second-order valence-corrected chi connectivity index (χ2v) is 7.21. The van der Waals surface area contributed by atoms with Gasteiger partial charge in [-0.1, -0.05) is 23.4 Å². The standard InChI is InChI=1S/C17H18ClN5O3S/c1-4-26-15(24)8-14-21-22-17(23(14)3)27-10(2)16(25)20-12-6-5-11(9-19)13(18)7-12/h5-7,10H,4,8H2,1-3H3,(H,20,25)/t10-/m0/s1. The number of benzene rings is 1. The van der Waals surface area contributed by atoms with Gasteiger partial charge in [-0.15, -0.1) is 10.2 Å². The zero-order valence-corrected chi connectivity index (χ0v) is 16.6. The Kier molecular flexibility index (Phi) is 7.21. The molecule has 8 nitrogen and oxygen atoms in total. The van der Waals surface area contributed by atoms with E-state index in [1.807, 2.05) is 6.07 Å². The Labute approximate surface area is 165 Å². The van der Waals surface area contributed by atoms with Gasteiger partial charge in [-0.2, -0.15) is 5.26 Å². The molecule has 0 aliphatic carbocycles. The third-order valence-corrected chi connectivity index (χ3v) is 4.99. The maximum Gasteiger partial charge on any atom is 0.313 e. The van der Waals surface area contributed by atoms with Crippen LogP contribution in [-0.4, -0.2) is 38.5 Å². The fraction of sp³-hybridized carbons (Fsp3) is 0.353. The van der Waals surface area contributed by atoms with E-state index >= 15 is 0 Å². The Balaban J connectivity index is 2.00. The topological polar surface area (TPSA) is 110 Å². The van der Waals surface area contributed by atoms with Crippen LogP contribution >= 0.6 is 23.4 Å². The highest BCUT2D eigenvalue weighted by Crippen LogP contribution is 2.24. The van der Waals surface area contributed by atoms with Crippen LogP contribution in [0.5, 0.6) is 0 Å². The zero-order valence-electron chi connectivity index (χ0n) is 15.0. The monoisotopic (exact) mass is 407 g/mol. The SMILES string of the molecule is CCOC(=O)Cc1nnc(S[C@@H](C)C(=O)Nc2ccc(C#N)c(Cl)c2)n1C. The van der Waals surface area contributed by atoms with Crippen LogP contribution in [0.1, 0.15) is 25.2 Å². The summed E-state index contributed by atoms with van der Waals surface area (Å²) in [4.78, 5) is 24.0. The van der Waals surface area contributed by atoms with Crippen LogP contribution in [0.4, 0.5) is 5.69 Å². The Bertz CT molecular complexity index is 893. The number of rotatable bonds is 7. The molecule has 0 aliphatic rings. The highest BCUT2D eigenvalue weighted by molar-refractivity contribution is 8.00. The Morgan fingerprint density at radius 2 is 2.19 bits per heavy atom. The van der Waals surface area contributed by atoms with Crippen LogP contribution in [0, 0.1) is 11.3 Å². The summed E-state index contributed by atoms with van der Waals surface area (Å²) >= 11 is 7.18. The minimum atomic E-state index is -0.474. The maximum absolute atomic E-state index is 12.4. The number of halogens is 1. The quantitative estimate of drug-likeness (QED) is 0.554. The molecule has 0 fully saturated rings. The molecular formula is C17H18ClN5O3S. The number of nitriles is 1. The number of carbonyl (C=O) groups excluding carboxylic acids is 2. The minimum absolute atomic E-state index is 0.0161. The number of carbonyl (C=O) groups is 2. The first-order chi connectivity index (χ1) is 12.8. The lowest BCUT2D eigenvalue weighted by Gasteiger charge is -2.12. The summed E-state index contributed by atoms with van der Waals surface area (Å²) < 4.78 is 6.56. The third-order valence-electron chi connectivity index (χ3n) is 3.54. The first-order valence-corrected chi connectivity index (χ1v) is 9.32. The number of thioether (sulfide) groups is 1. The molecule has 0 spiro atoms. The summed E-state index contributed by atoms with van der Waals surface area (Å²) in [6, 6.07) is 6.64. The van der Waals surface area contributed by atoms with Crippen molar-refractivity contribution in [2.24, 2.45) is 7.05 Å². The van der Waals surface area contributed by atoms with Crippen molar-refractivity contribution in [3.63, 3.8) is 0 Å². The number of nitrogens with zero attached hydrogens (tertiary/aromatic N) is 4. The van der Waals surface area contributed by atoms with Gasteiger partial charge in [-0.25, -0.2) is 0 Å². The van der Waals surface area contributed by atoms with Crippen LogP contribution in [0.25, 0.3) is 0 Å². The van der Waals surface area contributed by atoms with Gasteiger partial charge in [0.15, 0.2) is 5.16 Å². The van der Waals surface area contributed by atoms with E-state index < -0.39 is 5.25 Å². The molecule has 0 saturated carbocycles. The van der Waals surface area contributed by atoms with E-state index in [-0.39, 0.29) is 23.3 Å². The van der Waals surface area contributed by atoms with Gasteiger partial charge in [0.25, 0.3) is 0 Å². The van der Waals surface area contributed by atoms with Gasteiger partial charge in [-0.3, -0.25) is 9.59 Å². The minimum Gasteiger partial charge on any atom is -0.466 e. The molecule has 0 radical (unpaired) electrons. The highest BCUT2D eigenvalue weighted by Gasteiger charge is 2.20. The number of amides is 1. The normalized spacial score (nSPS) is 11.5. The van der Waals surface area contributed by atoms with Gasteiger partial charge in [0.1, 0.15) is 18.3 Å². The molecule has 1 aromatic carbocycles. The van der Waals surface area contributed by atoms with E-state index in [4.69, 9.17) is 21.6 Å². The summed E-state index contributed by atoms with van der Waals surface area (Å²) in [5.41, 5.74) is 0.836.